The predicted molar refractivity (Wildman–Crippen MR) is 77.0 cm³/mol. The van der Waals surface area contributed by atoms with Gasteiger partial charge in [0.15, 0.2) is 11.7 Å². The molecule has 1 aliphatic heterocycles. The Morgan fingerprint density at radius 2 is 1.95 bits per heavy atom. The first-order valence-electron chi connectivity index (χ1n) is 6.46. The Labute approximate surface area is 126 Å². The van der Waals surface area contributed by atoms with Gasteiger partial charge in [0.2, 0.25) is 5.28 Å². The predicted octanol–water partition coefficient (Wildman–Crippen LogP) is 3.25. The average Bonchev–Trinajstić information content (AvgIpc) is 2.92. The fourth-order valence-corrected chi connectivity index (χ4v) is 2.68. The lowest BCUT2D eigenvalue weighted by Gasteiger charge is -2.26. The molecule has 0 aliphatic carbocycles. The summed E-state index contributed by atoms with van der Waals surface area (Å²) in [6.07, 6.45) is 5.21. The van der Waals surface area contributed by atoms with Crippen molar-refractivity contribution in [1.29, 1.82) is 0 Å². The van der Waals surface area contributed by atoms with Crippen LogP contribution in [0.5, 0.6) is 0 Å². The Morgan fingerprint density at radius 3 is 2.70 bits per heavy atom. The van der Waals surface area contributed by atoms with E-state index >= 15 is 0 Å². The van der Waals surface area contributed by atoms with Crippen LogP contribution < -0.4 is 0 Å². The van der Waals surface area contributed by atoms with Gasteiger partial charge in [0, 0.05) is 5.92 Å². The second kappa shape index (κ2) is 5.68. The van der Waals surface area contributed by atoms with E-state index < -0.39 is 0 Å². The Morgan fingerprint density at radius 1 is 1.20 bits per heavy atom. The van der Waals surface area contributed by atoms with Gasteiger partial charge in [0.25, 0.3) is 0 Å². The number of hydrogen-bond donors (Lipinski definition) is 0. The van der Waals surface area contributed by atoms with Crippen molar-refractivity contribution < 1.29 is 4.42 Å². The molecule has 106 valence electrons. The maximum Gasteiger partial charge on any atom is 0.223 e. The molecule has 0 unspecified atom stereocenters. The lowest BCUT2D eigenvalue weighted by molar-refractivity contribution is 0.238. The van der Waals surface area contributed by atoms with E-state index in [0.717, 1.165) is 31.8 Å². The molecule has 5 nitrogen and oxygen atoms in total. The topological polar surface area (TPSA) is 55.1 Å². The van der Waals surface area contributed by atoms with Gasteiger partial charge in [-0.1, -0.05) is 11.6 Å². The number of halogens is 2. The van der Waals surface area contributed by atoms with Crippen molar-refractivity contribution >= 4 is 23.2 Å². The highest BCUT2D eigenvalue weighted by atomic mass is 35.5. The van der Waals surface area contributed by atoms with E-state index in [4.69, 9.17) is 27.6 Å². The van der Waals surface area contributed by atoms with Gasteiger partial charge in [-0.05, 0) is 44.6 Å². The quantitative estimate of drug-likeness (QED) is 0.797. The molecular weight excluding hydrogens is 299 g/mol. The normalized spacial score (nSPS) is 17.6. The largest absolute Gasteiger partial charge is 0.439 e. The molecule has 0 radical (unpaired) electrons. The molecule has 1 saturated heterocycles. The van der Waals surface area contributed by atoms with Crippen molar-refractivity contribution in [2.75, 3.05) is 20.1 Å². The van der Waals surface area contributed by atoms with Crippen LogP contribution in [-0.2, 0) is 0 Å². The van der Waals surface area contributed by atoms with Crippen LogP contribution in [0.25, 0.3) is 11.5 Å². The molecule has 2 aromatic heterocycles. The van der Waals surface area contributed by atoms with Crippen LogP contribution in [-0.4, -0.2) is 40.0 Å². The third-order valence-electron chi connectivity index (χ3n) is 3.54. The van der Waals surface area contributed by atoms with E-state index in [1.54, 1.807) is 6.20 Å². The fourth-order valence-electron chi connectivity index (χ4n) is 2.36. The summed E-state index contributed by atoms with van der Waals surface area (Å²) in [6, 6.07) is 0. The van der Waals surface area contributed by atoms with Crippen LogP contribution >= 0.6 is 23.2 Å². The monoisotopic (exact) mass is 312 g/mol. The molecule has 3 heterocycles. The van der Waals surface area contributed by atoms with Crippen LogP contribution in [0.3, 0.4) is 0 Å². The number of aromatic nitrogens is 3. The highest BCUT2D eigenvalue weighted by Gasteiger charge is 2.23. The summed E-state index contributed by atoms with van der Waals surface area (Å²) in [5.74, 6) is 1.64. The van der Waals surface area contributed by atoms with Gasteiger partial charge < -0.3 is 9.32 Å². The minimum absolute atomic E-state index is 0.140. The Balaban J connectivity index is 1.85. The zero-order valence-electron chi connectivity index (χ0n) is 11.0. The maximum atomic E-state index is 6.07. The summed E-state index contributed by atoms with van der Waals surface area (Å²) in [5, 5.41) is 0.544. The molecule has 7 heteroatoms. The lowest BCUT2D eigenvalue weighted by atomic mass is 9.97. The summed E-state index contributed by atoms with van der Waals surface area (Å²) in [4.78, 5) is 14.6. The summed E-state index contributed by atoms with van der Waals surface area (Å²) in [7, 11) is 2.12. The van der Waals surface area contributed by atoms with Crippen LogP contribution in [0.2, 0.25) is 10.3 Å². The van der Waals surface area contributed by atoms with E-state index in [-0.39, 0.29) is 5.28 Å². The standard InChI is InChI=1S/C13H14Cl2N4O/c1-19-4-2-8(3-5-19)12-16-7-10(20-12)11-9(14)6-17-13(15)18-11/h6-8H,2-5H2,1H3. The Bertz CT molecular complexity index is 608. The SMILES string of the molecule is CN1CCC(c2ncc(-c3nc(Cl)ncc3Cl)o2)CC1. The smallest absolute Gasteiger partial charge is 0.223 e. The minimum Gasteiger partial charge on any atom is -0.439 e. The average molecular weight is 313 g/mol. The second-order valence-corrected chi connectivity index (χ2v) is 5.72. The van der Waals surface area contributed by atoms with Crippen molar-refractivity contribution in [3.05, 3.63) is 28.6 Å². The molecule has 0 bridgehead atoms. The van der Waals surface area contributed by atoms with Crippen LogP contribution in [0, 0.1) is 0 Å². The molecule has 0 saturated carbocycles. The van der Waals surface area contributed by atoms with Gasteiger partial charge in [-0.25, -0.2) is 15.0 Å². The fraction of sp³-hybridized carbons (Fsp3) is 0.462. The second-order valence-electron chi connectivity index (χ2n) is 4.98. The zero-order valence-corrected chi connectivity index (χ0v) is 12.5. The summed E-state index contributed by atoms with van der Waals surface area (Å²) >= 11 is 11.9. The first kappa shape index (κ1) is 13.8. The third-order valence-corrected chi connectivity index (χ3v) is 4.00. The lowest BCUT2D eigenvalue weighted by Crippen LogP contribution is -2.29. The van der Waals surface area contributed by atoms with Crippen LogP contribution in [0.4, 0.5) is 0 Å². The Hall–Kier alpha value is -1.17. The minimum atomic E-state index is 0.140. The molecule has 1 fully saturated rings. The van der Waals surface area contributed by atoms with Gasteiger partial charge in [0.1, 0.15) is 5.69 Å². The number of oxazole rings is 1. The van der Waals surface area contributed by atoms with Gasteiger partial charge in [-0.2, -0.15) is 0 Å². The summed E-state index contributed by atoms with van der Waals surface area (Å²) < 4.78 is 5.82. The van der Waals surface area contributed by atoms with Crippen molar-refractivity contribution in [1.82, 2.24) is 19.9 Å². The molecular formula is C13H14Cl2N4O. The van der Waals surface area contributed by atoms with Crippen LogP contribution in [0.1, 0.15) is 24.7 Å². The molecule has 0 amide bonds. The van der Waals surface area contributed by atoms with Crippen molar-refractivity contribution in [2.45, 2.75) is 18.8 Å². The van der Waals surface area contributed by atoms with E-state index in [0.29, 0.717) is 22.4 Å². The van der Waals surface area contributed by atoms with Crippen LogP contribution in [0.15, 0.2) is 16.8 Å². The van der Waals surface area contributed by atoms with Crippen molar-refractivity contribution in [3.8, 4) is 11.5 Å². The van der Waals surface area contributed by atoms with Crippen molar-refractivity contribution in [3.63, 3.8) is 0 Å². The first-order chi connectivity index (χ1) is 9.63. The molecule has 0 atom stereocenters. The first-order valence-corrected chi connectivity index (χ1v) is 7.22. The molecule has 0 spiro atoms. The van der Waals surface area contributed by atoms with Crippen molar-refractivity contribution in [2.24, 2.45) is 0 Å². The van der Waals surface area contributed by atoms with Gasteiger partial charge in [-0.3, -0.25) is 0 Å². The summed E-state index contributed by atoms with van der Waals surface area (Å²) in [6.45, 7) is 2.12. The third kappa shape index (κ3) is 2.80. The number of likely N-dealkylation sites (tertiary alicyclic amines) is 1. The number of piperidine rings is 1. The van der Waals surface area contributed by atoms with Gasteiger partial charge >= 0.3 is 0 Å². The number of rotatable bonds is 2. The molecule has 20 heavy (non-hydrogen) atoms. The van der Waals surface area contributed by atoms with E-state index in [1.165, 1.54) is 6.20 Å². The summed E-state index contributed by atoms with van der Waals surface area (Å²) in [5.41, 5.74) is 0.485. The molecule has 3 rings (SSSR count). The molecule has 0 N–H and O–H groups in total. The highest BCUT2D eigenvalue weighted by molar-refractivity contribution is 6.33. The number of nitrogens with zero attached hydrogens (tertiary/aromatic N) is 4. The van der Waals surface area contributed by atoms with E-state index in [9.17, 15) is 0 Å². The molecule has 1 aliphatic rings. The van der Waals surface area contributed by atoms with E-state index in [2.05, 4.69) is 26.9 Å². The van der Waals surface area contributed by atoms with E-state index in [1.807, 2.05) is 0 Å². The van der Waals surface area contributed by atoms with Gasteiger partial charge in [0.05, 0.1) is 17.4 Å². The maximum absolute atomic E-state index is 6.07. The highest BCUT2D eigenvalue weighted by Crippen LogP contribution is 2.32. The number of hydrogen-bond acceptors (Lipinski definition) is 5. The molecule has 2 aromatic rings. The zero-order chi connectivity index (χ0) is 14.1. The molecule has 0 aromatic carbocycles. The Kier molecular flexibility index (Phi) is 3.92. The van der Waals surface area contributed by atoms with Gasteiger partial charge in [-0.15, -0.1) is 0 Å².